The van der Waals surface area contributed by atoms with Gasteiger partial charge in [0, 0.05) is 6.92 Å². The van der Waals surface area contributed by atoms with E-state index in [1.54, 1.807) is 31.2 Å². The normalized spacial score (nSPS) is 14.2. The number of ether oxygens (including phenoxy) is 2. The maximum atomic E-state index is 12.7. The van der Waals surface area contributed by atoms with Crippen LogP contribution in [0, 0.1) is 0 Å². The van der Waals surface area contributed by atoms with Crippen LogP contribution in [0.4, 0.5) is 0 Å². The Balaban J connectivity index is 3.03. The van der Waals surface area contributed by atoms with Crippen LogP contribution in [-0.4, -0.2) is 30.6 Å². The van der Waals surface area contributed by atoms with Gasteiger partial charge in [0.25, 0.3) is 5.91 Å². The summed E-state index contributed by atoms with van der Waals surface area (Å²) in [6.07, 6.45) is 1.94. The number of rotatable bonds is 8. The SMILES string of the molecule is CCCC[C@](C)(OC(C)=O)C(=O)N[C@H](C(=O)OC)c1ccccc1. The predicted molar refractivity (Wildman–Crippen MR) is 89.0 cm³/mol. The molecule has 1 amide bonds. The lowest BCUT2D eigenvalue weighted by molar-refractivity contribution is -0.167. The largest absolute Gasteiger partial charge is 0.467 e. The van der Waals surface area contributed by atoms with Crippen molar-refractivity contribution in [3.63, 3.8) is 0 Å². The van der Waals surface area contributed by atoms with Crippen LogP contribution < -0.4 is 5.32 Å². The van der Waals surface area contributed by atoms with Crippen molar-refractivity contribution in [2.75, 3.05) is 7.11 Å². The number of hydrogen-bond donors (Lipinski definition) is 1. The zero-order valence-corrected chi connectivity index (χ0v) is 14.6. The van der Waals surface area contributed by atoms with Crippen LogP contribution in [0.15, 0.2) is 30.3 Å². The first kappa shape index (κ1) is 19.7. The van der Waals surface area contributed by atoms with Gasteiger partial charge < -0.3 is 14.8 Å². The molecule has 1 rings (SSSR count). The minimum absolute atomic E-state index is 0.373. The number of nitrogens with one attached hydrogen (secondary N) is 1. The van der Waals surface area contributed by atoms with Crippen LogP contribution in [-0.2, 0) is 23.9 Å². The van der Waals surface area contributed by atoms with E-state index < -0.39 is 29.5 Å². The summed E-state index contributed by atoms with van der Waals surface area (Å²) in [7, 11) is 1.26. The van der Waals surface area contributed by atoms with Crippen molar-refractivity contribution in [1.82, 2.24) is 5.32 Å². The van der Waals surface area contributed by atoms with Crippen LogP contribution in [0.2, 0.25) is 0 Å². The summed E-state index contributed by atoms with van der Waals surface area (Å²) >= 11 is 0. The van der Waals surface area contributed by atoms with Gasteiger partial charge in [-0.05, 0) is 25.3 Å². The fourth-order valence-electron chi connectivity index (χ4n) is 2.37. The van der Waals surface area contributed by atoms with E-state index in [1.165, 1.54) is 14.0 Å². The molecule has 1 aromatic rings. The third-order valence-electron chi connectivity index (χ3n) is 3.70. The molecule has 6 heteroatoms. The summed E-state index contributed by atoms with van der Waals surface area (Å²) in [5.74, 6) is -1.65. The van der Waals surface area contributed by atoms with E-state index in [0.717, 1.165) is 6.42 Å². The molecule has 0 aliphatic rings. The monoisotopic (exact) mass is 335 g/mol. The van der Waals surface area contributed by atoms with E-state index in [2.05, 4.69) is 5.32 Å². The average Bonchev–Trinajstić information content (AvgIpc) is 2.57. The van der Waals surface area contributed by atoms with Crippen molar-refractivity contribution < 1.29 is 23.9 Å². The highest BCUT2D eigenvalue weighted by molar-refractivity contribution is 5.91. The molecular formula is C18H25NO5. The van der Waals surface area contributed by atoms with Crippen LogP contribution >= 0.6 is 0 Å². The Morgan fingerprint density at radius 2 is 1.83 bits per heavy atom. The second-order valence-corrected chi connectivity index (χ2v) is 5.77. The molecule has 0 radical (unpaired) electrons. The van der Waals surface area contributed by atoms with Crippen LogP contribution in [0.3, 0.4) is 0 Å². The molecule has 24 heavy (non-hydrogen) atoms. The molecule has 2 atom stereocenters. The minimum Gasteiger partial charge on any atom is -0.467 e. The Hall–Kier alpha value is -2.37. The number of hydrogen-bond acceptors (Lipinski definition) is 5. The highest BCUT2D eigenvalue weighted by atomic mass is 16.6. The lowest BCUT2D eigenvalue weighted by Gasteiger charge is -2.29. The Kier molecular flexibility index (Phi) is 7.42. The number of esters is 2. The lowest BCUT2D eigenvalue weighted by Crippen LogP contribution is -2.50. The van der Waals surface area contributed by atoms with Gasteiger partial charge in [0.2, 0.25) is 0 Å². The third kappa shape index (κ3) is 5.37. The van der Waals surface area contributed by atoms with Crippen LogP contribution in [0.25, 0.3) is 0 Å². The Bertz CT molecular complexity index is 572. The van der Waals surface area contributed by atoms with Gasteiger partial charge in [0.15, 0.2) is 11.6 Å². The molecule has 132 valence electrons. The van der Waals surface area contributed by atoms with E-state index in [4.69, 9.17) is 9.47 Å². The van der Waals surface area contributed by atoms with E-state index in [1.807, 2.05) is 13.0 Å². The van der Waals surface area contributed by atoms with Crippen LogP contribution in [0.1, 0.15) is 51.6 Å². The van der Waals surface area contributed by atoms with Gasteiger partial charge in [-0.15, -0.1) is 0 Å². The molecule has 6 nitrogen and oxygen atoms in total. The average molecular weight is 335 g/mol. The van der Waals surface area contributed by atoms with Crippen molar-refractivity contribution in [3.05, 3.63) is 35.9 Å². The molecule has 0 fully saturated rings. The molecule has 0 aliphatic carbocycles. The third-order valence-corrected chi connectivity index (χ3v) is 3.70. The molecule has 0 unspecified atom stereocenters. The first-order chi connectivity index (χ1) is 11.3. The molecule has 1 N–H and O–H groups in total. The molecule has 0 heterocycles. The number of carbonyl (C=O) groups excluding carboxylic acids is 3. The minimum atomic E-state index is -1.33. The summed E-state index contributed by atoms with van der Waals surface area (Å²) in [4.78, 5) is 36.2. The number of unbranched alkanes of at least 4 members (excludes halogenated alkanes) is 1. The van der Waals surface area contributed by atoms with Crippen molar-refractivity contribution in [1.29, 1.82) is 0 Å². The van der Waals surface area contributed by atoms with Gasteiger partial charge in [-0.25, -0.2) is 4.79 Å². The molecular weight excluding hydrogens is 310 g/mol. The first-order valence-electron chi connectivity index (χ1n) is 7.97. The summed E-state index contributed by atoms with van der Waals surface area (Å²) in [5.41, 5.74) is -0.735. The topological polar surface area (TPSA) is 81.7 Å². The summed E-state index contributed by atoms with van der Waals surface area (Å²) in [5, 5.41) is 2.65. The van der Waals surface area contributed by atoms with E-state index in [0.29, 0.717) is 18.4 Å². The molecule has 0 aromatic heterocycles. The van der Waals surface area contributed by atoms with Gasteiger partial charge in [-0.2, -0.15) is 0 Å². The lowest BCUT2D eigenvalue weighted by atomic mass is 9.96. The fourth-order valence-corrected chi connectivity index (χ4v) is 2.37. The van der Waals surface area contributed by atoms with E-state index in [9.17, 15) is 14.4 Å². The summed E-state index contributed by atoms with van der Waals surface area (Å²) < 4.78 is 10.0. The number of methoxy groups -OCH3 is 1. The summed E-state index contributed by atoms with van der Waals surface area (Å²) in [6, 6.07) is 7.82. The fraction of sp³-hybridized carbons (Fsp3) is 0.500. The number of amides is 1. The maximum Gasteiger partial charge on any atom is 0.333 e. The maximum absolute atomic E-state index is 12.7. The quantitative estimate of drug-likeness (QED) is 0.738. The molecule has 0 spiro atoms. The molecule has 0 saturated carbocycles. The van der Waals surface area contributed by atoms with Crippen molar-refractivity contribution in [3.8, 4) is 0 Å². The number of benzene rings is 1. The second-order valence-electron chi connectivity index (χ2n) is 5.77. The van der Waals surface area contributed by atoms with Gasteiger partial charge in [0.05, 0.1) is 7.11 Å². The highest BCUT2D eigenvalue weighted by Gasteiger charge is 2.38. The second kappa shape index (κ2) is 9.05. The summed E-state index contributed by atoms with van der Waals surface area (Å²) in [6.45, 7) is 4.79. The molecule has 0 bridgehead atoms. The first-order valence-corrected chi connectivity index (χ1v) is 7.97. The van der Waals surface area contributed by atoms with Crippen LogP contribution in [0.5, 0.6) is 0 Å². The Morgan fingerprint density at radius 3 is 2.33 bits per heavy atom. The van der Waals surface area contributed by atoms with Gasteiger partial charge >= 0.3 is 11.9 Å². The van der Waals surface area contributed by atoms with Crippen molar-refractivity contribution >= 4 is 17.8 Å². The predicted octanol–water partition coefficient (Wildman–Crippen LogP) is 2.53. The molecule has 0 aliphatic heterocycles. The van der Waals surface area contributed by atoms with E-state index >= 15 is 0 Å². The van der Waals surface area contributed by atoms with Crippen molar-refractivity contribution in [2.45, 2.75) is 51.7 Å². The smallest absolute Gasteiger partial charge is 0.333 e. The van der Waals surface area contributed by atoms with E-state index in [-0.39, 0.29) is 0 Å². The van der Waals surface area contributed by atoms with Gasteiger partial charge in [0.1, 0.15) is 0 Å². The molecule has 1 aromatic carbocycles. The number of carbonyl (C=O) groups is 3. The standard InChI is InChI=1S/C18H25NO5/c1-5-6-12-18(3,24-13(2)20)17(22)19-15(16(21)23-4)14-10-8-7-9-11-14/h7-11,15H,5-6,12H2,1-4H3,(H,19,22)/t15-,18-/m0/s1. The Morgan fingerprint density at radius 1 is 1.21 bits per heavy atom. The van der Waals surface area contributed by atoms with Crippen molar-refractivity contribution in [2.24, 2.45) is 0 Å². The molecule has 0 saturated heterocycles. The van der Waals surface area contributed by atoms with Gasteiger partial charge in [-0.1, -0.05) is 43.7 Å². The zero-order valence-electron chi connectivity index (χ0n) is 14.6. The Labute approximate surface area is 142 Å². The zero-order chi connectivity index (χ0) is 18.2. The van der Waals surface area contributed by atoms with Gasteiger partial charge in [-0.3, -0.25) is 9.59 Å². The highest BCUT2D eigenvalue weighted by Crippen LogP contribution is 2.22.